The molecule has 0 unspecified atom stereocenters. The number of para-hydroxylation sites is 2. The summed E-state index contributed by atoms with van der Waals surface area (Å²) in [4.78, 5) is 37.8. The highest BCUT2D eigenvalue weighted by atomic mass is 16.4. The summed E-state index contributed by atoms with van der Waals surface area (Å²) in [5.74, 6) is -1.44. The normalized spacial score (nSPS) is 13.5. The fourth-order valence-electron chi connectivity index (χ4n) is 4.21. The van der Waals surface area contributed by atoms with Gasteiger partial charge in [0, 0.05) is 42.7 Å². The van der Waals surface area contributed by atoms with Crippen LogP contribution in [0.1, 0.15) is 11.1 Å². The Labute approximate surface area is 203 Å². The predicted molar refractivity (Wildman–Crippen MR) is 134 cm³/mol. The van der Waals surface area contributed by atoms with E-state index in [9.17, 15) is 19.5 Å². The summed E-state index contributed by atoms with van der Waals surface area (Å²) in [6, 6.07) is 18.1. The molecule has 8 heteroatoms. The number of carboxylic acid groups (broad SMARTS) is 1. The lowest BCUT2D eigenvalue weighted by Crippen LogP contribution is -2.44. The third-order valence-corrected chi connectivity index (χ3v) is 5.94. The molecule has 0 bridgehead atoms. The fourth-order valence-corrected chi connectivity index (χ4v) is 4.21. The van der Waals surface area contributed by atoms with Gasteiger partial charge in [-0.3, -0.25) is 14.4 Å². The summed E-state index contributed by atoms with van der Waals surface area (Å²) in [5.41, 5.74) is 5.08. The lowest BCUT2D eigenvalue weighted by molar-refractivity contribution is -0.644. The molecule has 0 saturated heterocycles. The number of aryl methyl sites for hydroxylation is 1. The molecule has 1 aromatic heterocycles. The van der Waals surface area contributed by atoms with Crippen molar-refractivity contribution in [3.8, 4) is 0 Å². The zero-order chi connectivity index (χ0) is 24.8. The maximum Gasteiger partial charge on any atom is 0.323 e. The number of fused-ring (bicyclic) bond motifs is 2. The predicted octanol–water partition coefficient (Wildman–Crippen LogP) is 2.20. The fraction of sp³-hybridized carbons (Fsp3) is 0.185. The molecule has 4 rings (SSSR count). The smallest absolute Gasteiger partial charge is 0.323 e. The molecule has 35 heavy (non-hydrogen) atoms. The number of amides is 2. The van der Waals surface area contributed by atoms with Crippen LogP contribution in [0.5, 0.6) is 0 Å². The number of carbonyl (C=O) groups excluding carboxylic acids is 2. The molecule has 2 N–H and O–H groups in total. The Morgan fingerprint density at radius 2 is 1.89 bits per heavy atom. The number of aliphatic carboxylic acids is 1. The first kappa shape index (κ1) is 23.7. The molecule has 0 aliphatic carbocycles. The number of carbonyl (C=O) groups is 3. The number of pyridine rings is 1. The summed E-state index contributed by atoms with van der Waals surface area (Å²) in [5, 5.41) is 12.8. The number of benzene rings is 2. The third-order valence-electron chi connectivity index (χ3n) is 5.94. The molecule has 0 saturated carbocycles. The zero-order valence-corrected chi connectivity index (χ0v) is 19.4. The zero-order valence-electron chi connectivity index (χ0n) is 19.4. The lowest BCUT2D eigenvalue weighted by atomic mass is 9.96. The van der Waals surface area contributed by atoms with E-state index in [2.05, 4.69) is 34.2 Å². The third kappa shape index (κ3) is 5.38. The van der Waals surface area contributed by atoms with Crippen LogP contribution in [0.3, 0.4) is 0 Å². The summed E-state index contributed by atoms with van der Waals surface area (Å²) in [6.45, 7) is -0.140. The van der Waals surface area contributed by atoms with Gasteiger partial charge in [0.05, 0.1) is 5.39 Å². The Hall–Kier alpha value is -4.46. The molecule has 2 aromatic carbocycles. The molecule has 2 amide bonds. The number of nitrogens with zero attached hydrogens (tertiary/aromatic N) is 3. The van der Waals surface area contributed by atoms with Crippen LogP contribution in [-0.4, -0.2) is 54.5 Å². The summed E-state index contributed by atoms with van der Waals surface area (Å²) in [7, 11) is 2.02. The summed E-state index contributed by atoms with van der Waals surface area (Å²) >= 11 is 0. The van der Waals surface area contributed by atoms with Crippen molar-refractivity contribution in [2.45, 2.75) is 0 Å². The molecule has 1 aliphatic heterocycles. The molecule has 8 nitrogen and oxygen atoms in total. The van der Waals surface area contributed by atoms with Gasteiger partial charge in [-0.15, -0.1) is 0 Å². The number of aromatic nitrogens is 1. The van der Waals surface area contributed by atoms with Gasteiger partial charge in [0.25, 0.3) is 0 Å². The van der Waals surface area contributed by atoms with Crippen LogP contribution in [-0.2, 0) is 21.4 Å². The van der Waals surface area contributed by atoms with Crippen molar-refractivity contribution >= 4 is 46.5 Å². The van der Waals surface area contributed by atoms with Crippen molar-refractivity contribution in [1.29, 1.82) is 0 Å². The van der Waals surface area contributed by atoms with Crippen LogP contribution in [0.15, 0.2) is 73.1 Å². The molecule has 2 heterocycles. The van der Waals surface area contributed by atoms with E-state index in [0.717, 1.165) is 33.3 Å². The van der Waals surface area contributed by atoms with Gasteiger partial charge >= 0.3 is 5.97 Å². The maximum absolute atomic E-state index is 13.0. The quantitative estimate of drug-likeness (QED) is 0.284. The van der Waals surface area contributed by atoms with E-state index >= 15 is 0 Å². The Bertz CT molecular complexity index is 1330. The molecular weight excluding hydrogens is 444 g/mol. The van der Waals surface area contributed by atoms with Crippen LogP contribution < -0.4 is 14.8 Å². The highest BCUT2D eigenvalue weighted by Crippen LogP contribution is 2.34. The number of hydrogen-bond acceptors (Lipinski definition) is 4. The number of nitrogens with one attached hydrogen (secondary N) is 1. The van der Waals surface area contributed by atoms with E-state index in [4.69, 9.17) is 0 Å². The van der Waals surface area contributed by atoms with Crippen LogP contribution in [0, 0.1) is 0 Å². The van der Waals surface area contributed by atoms with Gasteiger partial charge < -0.3 is 20.2 Å². The molecule has 0 atom stereocenters. The molecule has 3 aromatic rings. The van der Waals surface area contributed by atoms with E-state index in [1.54, 1.807) is 0 Å². The standard InChI is InChI=1S/C27H26N4O4/c1-29-13-10-20(22-6-2-4-8-24(22)29)16-21-11-14-30(25-9-5-3-7-23(21)25)17-26(33)31(18-27(34)35)15-12-28-19-32/h2-11,13-14,16,19H,12,15,17-18H2,1H3,(H-,28,32,34,35)/p+1. The molecule has 0 radical (unpaired) electrons. The second-order valence-electron chi connectivity index (χ2n) is 8.24. The van der Waals surface area contributed by atoms with Crippen LogP contribution in [0.2, 0.25) is 0 Å². The van der Waals surface area contributed by atoms with Gasteiger partial charge in [-0.1, -0.05) is 30.3 Å². The monoisotopic (exact) mass is 471 g/mol. The average molecular weight is 472 g/mol. The molecule has 1 aliphatic rings. The largest absolute Gasteiger partial charge is 0.480 e. The number of carboxylic acids is 1. The Kier molecular flexibility index (Phi) is 7.21. The first-order valence-corrected chi connectivity index (χ1v) is 11.3. The van der Waals surface area contributed by atoms with E-state index < -0.39 is 12.5 Å². The minimum atomic E-state index is -1.10. The first-order chi connectivity index (χ1) is 17.0. The number of rotatable bonds is 9. The van der Waals surface area contributed by atoms with Crippen LogP contribution in [0.25, 0.3) is 22.6 Å². The van der Waals surface area contributed by atoms with Crippen molar-refractivity contribution in [2.24, 2.45) is 7.05 Å². The van der Waals surface area contributed by atoms with Gasteiger partial charge in [-0.05, 0) is 35.4 Å². The molecule has 0 fully saturated rings. The van der Waals surface area contributed by atoms with Crippen molar-refractivity contribution < 1.29 is 24.1 Å². The van der Waals surface area contributed by atoms with E-state index in [1.807, 2.05) is 66.8 Å². The summed E-state index contributed by atoms with van der Waals surface area (Å²) in [6.07, 6.45) is 8.51. The van der Waals surface area contributed by atoms with Crippen LogP contribution >= 0.6 is 0 Å². The minimum absolute atomic E-state index is 0.0146. The van der Waals surface area contributed by atoms with E-state index in [-0.39, 0.29) is 25.5 Å². The topological polar surface area (TPSA) is 93.8 Å². The SMILES string of the molecule is C[n+]1ccc(/C=C2/C=CN(CC(=O)N(CCNC=O)CC(=O)O)c3ccccc32)c2ccccc21. The van der Waals surface area contributed by atoms with Crippen molar-refractivity contribution in [3.05, 3.63) is 84.2 Å². The van der Waals surface area contributed by atoms with Crippen LogP contribution in [0.4, 0.5) is 5.69 Å². The van der Waals surface area contributed by atoms with E-state index in [0.29, 0.717) is 6.41 Å². The van der Waals surface area contributed by atoms with Crippen molar-refractivity contribution in [1.82, 2.24) is 10.2 Å². The Balaban J connectivity index is 1.63. The van der Waals surface area contributed by atoms with Gasteiger partial charge in [0.2, 0.25) is 17.8 Å². The Morgan fingerprint density at radius 3 is 2.69 bits per heavy atom. The second kappa shape index (κ2) is 10.6. The van der Waals surface area contributed by atoms with Gasteiger partial charge in [0.15, 0.2) is 6.20 Å². The number of allylic oxidation sites excluding steroid dienone is 2. The highest BCUT2D eigenvalue weighted by molar-refractivity contribution is 6.00. The van der Waals surface area contributed by atoms with Crippen molar-refractivity contribution in [2.75, 3.05) is 31.1 Å². The first-order valence-electron chi connectivity index (χ1n) is 11.3. The maximum atomic E-state index is 13.0. The molecule has 0 spiro atoms. The second-order valence-corrected chi connectivity index (χ2v) is 8.24. The van der Waals surface area contributed by atoms with Gasteiger partial charge in [0.1, 0.15) is 20.1 Å². The molecular formula is C27H27N4O4+. The minimum Gasteiger partial charge on any atom is -0.480 e. The van der Waals surface area contributed by atoms with Gasteiger partial charge in [-0.25, -0.2) is 4.57 Å². The van der Waals surface area contributed by atoms with E-state index in [1.165, 1.54) is 4.90 Å². The number of hydrogen-bond donors (Lipinski definition) is 2. The average Bonchev–Trinajstić information content (AvgIpc) is 2.86. The number of anilines is 1. The molecule has 178 valence electrons. The lowest BCUT2D eigenvalue weighted by Gasteiger charge is -2.29. The Morgan fingerprint density at radius 1 is 1.11 bits per heavy atom. The highest BCUT2D eigenvalue weighted by Gasteiger charge is 2.23. The van der Waals surface area contributed by atoms with Gasteiger partial charge in [-0.2, -0.15) is 0 Å². The summed E-state index contributed by atoms with van der Waals surface area (Å²) < 4.78 is 2.09. The van der Waals surface area contributed by atoms with Crippen molar-refractivity contribution in [3.63, 3.8) is 0 Å².